The third kappa shape index (κ3) is 5.52. The van der Waals surface area contributed by atoms with Crippen LogP contribution in [-0.2, 0) is 11.3 Å². The molecule has 0 aliphatic carbocycles. The van der Waals surface area contributed by atoms with Gasteiger partial charge in [0.25, 0.3) is 5.91 Å². The van der Waals surface area contributed by atoms with Crippen LogP contribution in [0.5, 0.6) is 0 Å². The van der Waals surface area contributed by atoms with Gasteiger partial charge in [-0.1, -0.05) is 12.1 Å². The van der Waals surface area contributed by atoms with Gasteiger partial charge in [-0.15, -0.1) is 0 Å². The highest BCUT2D eigenvalue weighted by Crippen LogP contribution is 2.08. The maximum Gasteiger partial charge on any atom is 0.312 e. The summed E-state index contributed by atoms with van der Waals surface area (Å²) in [6.07, 6.45) is -0.0831. The van der Waals surface area contributed by atoms with E-state index in [9.17, 15) is 14.4 Å². The summed E-state index contributed by atoms with van der Waals surface area (Å²) in [5.74, 6) is -1.15. The van der Waals surface area contributed by atoms with E-state index in [1.54, 1.807) is 31.2 Å². The van der Waals surface area contributed by atoms with Gasteiger partial charge in [0.15, 0.2) is 0 Å². The molecule has 0 fully saturated rings. The molecule has 0 aliphatic rings. The van der Waals surface area contributed by atoms with Crippen LogP contribution in [0, 0.1) is 0 Å². The fraction of sp³-hybridized carbons (Fsp3) is 0.357. The quantitative estimate of drug-likeness (QED) is 0.689. The minimum absolute atomic E-state index is 0.0831. The van der Waals surface area contributed by atoms with E-state index in [2.05, 4.69) is 5.32 Å². The van der Waals surface area contributed by atoms with Gasteiger partial charge >= 0.3 is 12.0 Å². The Labute approximate surface area is 122 Å². The summed E-state index contributed by atoms with van der Waals surface area (Å²) in [6.45, 7) is 2.71. The van der Waals surface area contributed by atoms with E-state index in [0.29, 0.717) is 18.7 Å². The van der Waals surface area contributed by atoms with Crippen molar-refractivity contribution in [1.82, 2.24) is 10.2 Å². The van der Waals surface area contributed by atoms with Gasteiger partial charge in [0.05, 0.1) is 6.42 Å². The average Bonchev–Trinajstić information content (AvgIpc) is 2.45. The van der Waals surface area contributed by atoms with Crippen molar-refractivity contribution in [2.75, 3.05) is 13.1 Å². The number of amides is 3. The molecule has 0 spiro atoms. The fourth-order valence-electron chi connectivity index (χ4n) is 1.77. The van der Waals surface area contributed by atoms with E-state index in [0.717, 1.165) is 5.56 Å². The van der Waals surface area contributed by atoms with Gasteiger partial charge in [0, 0.05) is 25.2 Å². The maximum atomic E-state index is 12.2. The molecule has 0 radical (unpaired) electrons. The molecule has 1 rings (SSSR count). The molecule has 7 heteroatoms. The topological polar surface area (TPSA) is 113 Å². The summed E-state index contributed by atoms with van der Waals surface area (Å²) in [6, 6.07) is 6.11. The van der Waals surface area contributed by atoms with Gasteiger partial charge in [-0.3, -0.25) is 9.59 Å². The number of carbonyl (C=O) groups is 3. The van der Waals surface area contributed by atoms with Crippen molar-refractivity contribution in [1.29, 1.82) is 0 Å². The number of urea groups is 1. The number of nitrogens with two attached hydrogens (primary N) is 1. The molecule has 4 N–H and O–H groups in total. The van der Waals surface area contributed by atoms with Crippen LogP contribution in [0.3, 0.4) is 0 Å². The van der Waals surface area contributed by atoms with E-state index in [4.69, 9.17) is 10.8 Å². The third-order valence-electron chi connectivity index (χ3n) is 2.93. The molecule has 0 aromatic heterocycles. The van der Waals surface area contributed by atoms with Gasteiger partial charge in [0.2, 0.25) is 0 Å². The Hall–Kier alpha value is -2.57. The summed E-state index contributed by atoms with van der Waals surface area (Å²) in [5, 5.41) is 11.1. The molecule has 0 saturated heterocycles. The molecule has 0 aliphatic heterocycles. The number of benzene rings is 1. The van der Waals surface area contributed by atoms with E-state index >= 15 is 0 Å². The second-order valence-electron chi connectivity index (χ2n) is 4.44. The number of rotatable bonds is 7. The largest absolute Gasteiger partial charge is 0.481 e. The lowest BCUT2D eigenvalue weighted by atomic mass is 10.1. The van der Waals surface area contributed by atoms with E-state index in [-0.39, 0.29) is 18.9 Å². The highest BCUT2D eigenvalue weighted by atomic mass is 16.4. The van der Waals surface area contributed by atoms with Gasteiger partial charge in [0.1, 0.15) is 0 Å². The van der Waals surface area contributed by atoms with E-state index < -0.39 is 12.0 Å². The van der Waals surface area contributed by atoms with Crippen LogP contribution in [-0.4, -0.2) is 41.0 Å². The SMILES string of the molecule is CCN(CCC(=O)O)C(=O)c1ccc(CNC(N)=O)cc1. The zero-order valence-corrected chi connectivity index (χ0v) is 11.8. The van der Waals surface area contributed by atoms with Gasteiger partial charge in [-0.2, -0.15) is 0 Å². The number of hydrogen-bond donors (Lipinski definition) is 3. The molecule has 1 aromatic rings. The summed E-state index contributed by atoms with van der Waals surface area (Å²) >= 11 is 0. The van der Waals surface area contributed by atoms with Crippen LogP contribution in [0.1, 0.15) is 29.3 Å². The van der Waals surface area contributed by atoms with Gasteiger partial charge in [-0.25, -0.2) is 4.79 Å². The number of carboxylic acids is 1. The molecule has 0 saturated carbocycles. The predicted octanol–water partition coefficient (Wildman–Crippen LogP) is 0.792. The highest BCUT2D eigenvalue weighted by Gasteiger charge is 2.15. The normalized spacial score (nSPS) is 9.95. The molecule has 0 atom stereocenters. The minimum Gasteiger partial charge on any atom is -0.481 e. The first-order valence-electron chi connectivity index (χ1n) is 6.57. The number of aliphatic carboxylic acids is 1. The van der Waals surface area contributed by atoms with Crippen LogP contribution >= 0.6 is 0 Å². The Kier molecular flexibility index (Phi) is 6.19. The average molecular weight is 293 g/mol. The summed E-state index contributed by atoms with van der Waals surface area (Å²) < 4.78 is 0. The van der Waals surface area contributed by atoms with E-state index in [1.807, 2.05) is 0 Å². The smallest absolute Gasteiger partial charge is 0.312 e. The van der Waals surface area contributed by atoms with Crippen LogP contribution in [0.25, 0.3) is 0 Å². The van der Waals surface area contributed by atoms with Crippen LogP contribution in [0.2, 0.25) is 0 Å². The van der Waals surface area contributed by atoms with Crippen molar-refractivity contribution < 1.29 is 19.5 Å². The molecular formula is C14H19N3O4. The number of carbonyl (C=O) groups excluding carboxylic acids is 2. The Bertz CT molecular complexity index is 513. The number of nitrogens with one attached hydrogen (secondary N) is 1. The Morgan fingerprint density at radius 1 is 1.24 bits per heavy atom. The third-order valence-corrected chi connectivity index (χ3v) is 2.93. The van der Waals surface area contributed by atoms with Crippen molar-refractivity contribution in [3.63, 3.8) is 0 Å². The lowest BCUT2D eigenvalue weighted by Crippen LogP contribution is -2.32. The van der Waals surface area contributed by atoms with Crippen molar-refractivity contribution in [2.24, 2.45) is 5.73 Å². The molecular weight excluding hydrogens is 274 g/mol. The first-order chi connectivity index (χ1) is 9.93. The number of primary amides is 1. The second kappa shape index (κ2) is 7.88. The lowest BCUT2D eigenvalue weighted by molar-refractivity contribution is -0.137. The van der Waals surface area contributed by atoms with Gasteiger partial charge in [-0.05, 0) is 24.6 Å². The van der Waals surface area contributed by atoms with Crippen LogP contribution in [0.4, 0.5) is 4.79 Å². The highest BCUT2D eigenvalue weighted by molar-refractivity contribution is 5.94. The fourth-order valence-corrected chi connectivity index (χ4v) is 1.77. The first kappa shape index (κ1) is 16.5. The zero-order valence-electron chi connectivity index (χ0n) is 11.8. The maximum absolute atomic E-state index is 12.2. The summed E-state index contributed by atoms with van der Waals surface area (Å²) in [4.78, 5) is 34.9. The number of hydrogen-bond acceptors (Lipinski definition) is 3. The van der Waals surface area contributed by atoms with Crippen molar-refractivity contribution >= 4 is 17.9 Å². The molecule has 21 heavy (non-hydrogen) atoms. The van der Waals surface area contributed by atoms with Crippen molar-refractivity contribution in [3.05, 3.63) is 35.4 Å². The molecule has 1 aromatic carbocycles. The minimum atomic E-state index is -0.936. The van der Waals surface area contributed by atoms with Crippen LogP contribution in [0.15, 0.2) is 24.3 Å². The predicted molar refractivity (Wildman–Crippen MR) is 76.7 cm³/mol. The molecule has 0 bridgehead atoms. The first-order valence-corrected chi connectivity index (χ1v) is 6.57. The molecule has 114 valence electrons. The van der Waals surface area contributed by atoms with Gasteiger partial charge < -0.3 is 21.1 Å². The standard InChI is InChI=1S/C14H19N3O4/c1-2-17(8-7-12(18)19)13(20)11-5-3-10(4-6-11)9-16-14(15)21/h3-6H,2,7-9H2,1H3,(H,18,19)(H3,15,16,21). The molecule has 0 heterocycles. The Morgan fingerprint density at radius 2 is 1.86 bits per heavy atom. The summed E-state index contributed by atoms with van der Waals surface area (Å²) in [5.41, 5.74) is 6.27. The van der Waals surface area contributed by atoms with Crippen LogP contribution < -0.4 is 11.1 Å². The molecule has 0 unspecified atom stereocenters. The summed E-state index contributed by atoms with van der Waals surface area (Å²) in [7, 11) is 0. The Morgan fingerprint density at radius 3 is 2.33 bits per heavy atom. The number of nitrogens with zero attached hydrogens (tertiary/aromatic N) is 1. The molecule has 7 nitrogen and oxygen atoms in total. The monoisotopic (exact) mass is 293 g/mol. The lowest BCUT2D eigenvalue weighted by Gasteiger charge is -2.20. The molecule has 3 amide bonds. The van der Waals surface area contributed by atoms with Crippen molar-refractivity contribution in [2.45, 2.75) is 19.9 Å². The number of carboxylic acid groups (broad SMARTS) is 1. The Balaban J connectivity index is 2.68. The zero-order chi connectivity index (χ0) is 15.8. The van der Waals surface area contributed by atoms with E-state index in [1.165, 1.54) is 4.90 Å². The van der Waals surface area contributed by atoms with Crippen molar-refractivity contribution in [3.8, 4) is 0 Å². The second-order valence-corrected chi connectivity index (χ2v) is 4.44.